The molecule has 0 radical (unpaired) electrons. The lowest BCUT2D eigenvalue weighted by Crippen LogP contribution is -2.34. The second-order valence-electron chi connectivity index (χ2n) is 4.49. The Hall–Kier alpha value is -1.46. The van der Waals surface area contributed by atoms with Crippen LogP contribution in [0.3, 0.4) is 0 Å². The van der Waals surface area contributed by atoms with Crippen LogP contribution >= 0.6 is 0 Å². The van der Waals surface area contributed by atoms with Gasteiger partial charge in [0.15, 0.2) is 0 Å². The van der Waals surface area contributed by atoms with Crippen molar-refractivity contribution in [2.75, 3.05) is 27.2 Å². The van der Waals surface area contributed by atoms with Crippen LogP contribution in [0.2, 0.25) is 0 Å². The summed E-state index contributed by atoms with van der Waals surface area (Å²) in [5, 5.41) is 0. The van der Waals surface area contributed by atoms with Crippen LogP contribution in [-0.2, 0) is 16.0 Å². The van der Waals surface area contributed by atoms with Crippen molar-refractivity contribution in [2.24, 2.45) is 5.73 Å². The summed E-state index contributed by atoms with van der Waals surface area (Å²) in [5.74, 6) is -0.251. The number of hydrogen-bond donors (Lipinski definition) is 1. The van der Waals surface area contributed by atoms with E-state index in [9.17, 15) is 9.18 Å². The molecule has 0 aromatic heterocycles. The van der Waals surface area contributed by atoms with Gasteiger partial charge in [0.2, 0.25) is 5.91 Å². The molecule has 5 heteroatoms. The van der Waals surface area contributed by atoms with Crippen molar-refractivity contribution in [3.8, 4) is 0 Å². The first kappa shape index (κ1) is 15.6. The molecular formula is C14H21FN2O2. The van der Waals surface area contributed by atoms with E-state index in [-0.39, 0.29) is 24.2 Å². The molecule has 1 unspecified atom stereocenters. The molecule has 106 valence electrons. The first-order valence-electron chi connectivity index (χ1n) is 6.28. The number of amides is 1. The maximum atomic E-state index is 12.7. The minimum Gasteiger partial charge on any atom is -0.380 e. The zero-order valence-corrected chi connectivity index (χ0v) is 11.4. The van der Waals surface area contributed by atoms with Gasteiger partial charge >= 0.3 is 0 Å². The van der Waals surface area contributed by atoms with Gasteiger partial charge < -0.3 is 15.4 Å². The Labute approximate surface area is 113 Å². The number of nitrogens with zero attached hydrogens (tertiary/aromatic N) is 1. The number of nitrogens with two attached hydrogens (primary N) is 1. The highest BCUT2D eigenvalue weighted by Gasteiger charge is 2.15. The van der Waals surface area contributed by atoms with E-state index in [2.05, 4.69) is 0 Å². The van der Waals surface area contributed by atoms with Crippen molar-refractivity contribution in [2.45, 2.75) is 18.9 Å². The highest BCUT2D eigenvalue weighted by molar-refractivity contribution is 5.76. The molecule has 0 saturated heterocycles. The van der Waals surface area contributed by atoms with E-state index in [1.165, 1.54) is 12.1 Å². The van der Waals surface area contributed by atoms with Crippen molar-refractivity contribution in [1.82, 2.24) is 4.90 Å². The summed E-state index contributed by atoms with van der Waals surface area (Å²) in [7, 11) is 3.29. The quantitative estimate of drug-likeness (QED) is 0.808. The van der Waals surface area contributed by atoms with Crippen LogP contribution in [0.15, 0.2) is 24.3 Å². The molecular weight excluding hydrogens is 247 g/mol. The van der Waals surface area contributed by atoms with Gasteiger partial charge in [-0.05, 0) is 24.1 Å². The number of hydrogen-bond acceptors (Lipinski definition) is 3. The van der Waals surface area contributed by atoms with E-state index in [1.807, 2.05) is 0 Å². The summed E-state index contributed by atoms with van der Waals surface area (Å²) in [6.07, 6.45) is 0.746. The maximum absolute atomic E-state index is 12.7. The third-order valence-corrected chi connectivity index (χ3v) is 3.07. The number of halogens is 1. The van der Waals surface area contributed by atoms with E-state index < -0.39 is 0 Å². The zero-order valence-electron chi connectivity index (χ0n) is 11.4. The third-order valence-electron chi connectivity index (χ3n) is 3.07. The Bertz CT molecular complexity index is 391. The minimum absolute atomic E-state index is 0.000545. The minimum atomic E-state index is -0.251. The van der Waals surface area contributed by atoms with Crippen LogP contribution in [0.4, 0.5) is 4.39 Å². The van der Waals surface area contributed by atoms with Crippen molar-refractivity contribution in [3.05, 3.63) is 35.6 Å². The van der Waals surface area contributed by atoms with Gasteiger partial charge in [-0.2, -0.15) is 0 Å². The summed E-state index contributed by atoms with van der Waals surface area (Å²) < 4.78 is 17.8. The van der Waals surface area contributed by atoms with E-state index in [0.717, 1.165) is 5.56 Å². The molecule has 0 aliphatic heterocycles. The molecule has 1 atom stereocenters. The molecule has 0 fully saturated rings. The summed E-state index contributed by atoms with van der Waals surface area (Å²) in [6.45, 7) is 0.916. The van der Waals surface area contributed by atoms with Gasteiger partial charge in [-0.25, -0.2) is 4.39 Å². The van der Waals surface area contributed by atoms with Crippen LogP contribution in [-0.4, -0.2) is 44.2 Å². The number of carbonyl (C=O) groups is 1. The number of likely N-dealkylation sites (N-methyl/N-ethyl adjacent to an activating group) is 1. The lowest BCUT2D eigenvalue weighted by Gasteiger charge is -2.20. The number of carbonyl (C=O) groups excluding carboxylic acids is 1. The Morgan fingerprint density at radius 3 is 2.58 bits per heavy atom. The van der Waals surface area contributed by atoms with Crippen molar-refractivity contribution in [3.63, 3.8) is 0 Å². The first-order valence-corrected chi connectivity index (χ1v) is 6.28. The van der Waals surface area contributed by atoms with Gasteiger partial charge in [0.1, 0.15) is 5.82 Å². The highest BCUT2D eigenvalue weighted by Crippen LogP contribution is 2.05. The number of ether oxygens (including phenoxy) is 1. The Morgan fingerprint density at radius 2 is 2.05 bits per heavy atom. The van der Waals surface area contributed by atoms with Crippen LogP contribution < -0.4 is 5.73 Å². The molecule has 0 heterocycles. The molecule has 1 aromatic rings. The van der Waals surface area contributed by atoms with Crippen LogP contribution in [0.25, 0.3) is 0 Å². The van der Waals surface area contributed by atoms with Gasteiger partial charge in [0, 0.05) is 27.2 Å². The van der Waals surface area contributed by atoms with Crippen LogP contribution in [0.5, 0.6) is 0 Å². The molecule has 2 N–H and O–H groups in total. The predicted molar refractivity (Wildman–Crippen MR) is 72.2 cm³/mol. The van der Waals surface area contributed by atoms with Gasteiger partial charge in [-0.3, -0.25) is 4.79 Å². The molecule has 1 amide bonds. The molecule has 1 rings (SSSR count). The number of benzene rings is 1. The fraction of sp³-hybridized carbons (Fsp3) is 0.500. The van der Waals surface area contributed by atoms with E-state index >= 15 is 0 Å². The predicted octanol–water partition coefficient (Wildman–Crippen LogP) is 1.19. The summed E-state index contributed by atoms with van der Waals surface area (Å²) >= 11 is 0. The highest BCUT2D eigenvalue weighted by atomic mass is 19.1. The monoisotopic (exact) mass is 268 g/mol. The average Bonchev–Trinajstić information content (AvgIpc) is 2.43. The second kappa shape index (κ2) is 7.86. The Balaban J connectivity index is 2.39. The Kier molecular flexibility index (Phi) is 6.45. The van der Waals surface area contributed by atoms with Crippen molar-refractivity contribution in [1.29, 1.82) is 0 Å². The largest absolute Gasteiger partial charge is 0.380 e. The lowest BCUT2D eigenvalue weighted by molar-refractivity contribution is -0.132. The normalized spacial score (nSPS) is 12.2. The molecule has 4 nitrogen and oxygen atoms in total. The van der Waals surface area contributed by atoms with Crippen LogP contribution in [0, 0.1) is 5.82 Å². The van der Waals surface area contributed by atoms with Gasteiger partial charge in [0.05, 0.1) is 12.5 Å². The summed E-state index contributed by atoms with van der Waals surface area (Å²) in [6, 6.07) is 6.30. The molecule has 0 saturated carbocycles. The molecule has 0 bridgehead atoms. The summed E-state index contributed by atoms with van der Waals surface area (Å²) in [5.41, 5.74) is 6.48. The van der Waals surface area contributed by atoms with Gasteiger partial charge in [-0.1, -0.05) is 12.1 Å². The summed E-state index contributed by atoms with van der Waals surface area (Å²) in [4.78, 5) is 13.5. The topological polar surface area (TPSA) is 55.6 Å². The maximum Gasteiger partial charge on any atom is 0.224 e. The average molecular weight is 268 g/mol. The lowest BCUT2D eigenvalue weighted by atomic mass is 10.1. The first-order chi connectivity index (χ1) is 9.06. The van der Waals surface area contributed by atoms with Gasteiger partial charge in [-0.15, -0.1) is 0 Å². The number of rotatable bonds is 7. The second-order valence-corrected chi connectivity index (χ2v) is 4.49. The molecule has 0 aliphatic rings. The van der Waals surface area contributed by atoms with Crippen molar-refractivity contribution >= 4 is 5.91 Å². The van der Waals surface area contributed by atoms with E-state index in [0.29, 0.717) is 19.5 Å². The van der Waals surface area contributed by atoms with E-state index in [4.69, 9.17) is 10.5 Å². The SMILES string of the molecule is COC(CN)CC(=O)N(C)CCc1ccc(F)cc1. The smallest absolute Gasteiger partial charge is 0.224 e. The standard InChI is InChI=1S/C14H21FN2O2/c1-17(14(18)9-13(10-16)19-2)8-7-11-3-5-12(15)6-4-11/h3-6,13H,7-10,16H2,1-2H3. The Morgan fingerprint density at radius 1 is 1.42 bits per heavy atom. The molecule has 0 aliphatic carbocycles. The van der Waals surface area contributed by atoms with Gasteiger partial charge in [0.25, 0.3) is 0 Å². The van der Waals surface area contributed by atoms with Crippen LogP contribution in [0.1, 0.15) is 12.0 Å². The zero-order chi connectivity index (χ0) is 14.3. The fourth-order valence-corrected chi connectivity index (χ4v) is 1.69. The third kappa shape index (κ3) is 5.36. The van der Waals surface area contributed by atoms with Crippen molar-refractivity contribution < 1.29 is 13.9 Å². The molecule has 19 heavy (non-hydrogen) atoms. The molecule has 0 spiro atoms. The van der Waals surface area contributed by atoms with E-state index in [1.54, 1.807) is 31.2 Å². The molecule has 1 aromatic carbocycles. The fourth-order valence-electron chi connectivity index (χ4n) is 1.69. The number of methoxy groups -OCH3 is 1.